The topological polar surface area (TPSA) is 89.3 Å². The Hall–Kier alpha value is -2.34. The molecule has 6 heteroatoms. The molecule has 0 saturated heterocycles. The second-order valence-corrected chi connectivity index (χ2v) is 6.44. The molecule has 0 radical (unpaired) electrons. The summed E-state index contributed by atoms with van der Waals surface area (Å²) in [6, 6.07) is 13.1. The van der Waals surface area contributed by atoms with E-state index in [0.717, 1.165) is 11.1 Å². The van der Waals surface area contributed by atoms with E-state index >= 15 is 0 Å². The Morgan fingerprint density at radius 1 is 1.05 bits per heavy atom. The Labute approximate surface area is 123 Å². The number of rotatable bonds is 5. The number of hydrogen-bond donors (Lipinski definition) is 2. The van der Waals surface area contributed by atoms with E-state index < -0.39 is 15.9 Å². The number of aryl methyl sites for hydroxylation is 1. The molecule has 2 aromatic carbocycles. The largest absolute Gasteiger partial charge is 0.369 e. The molecule has 1 amide bonds. The highest BCUT2D eigenvalue weighted by molar-refractivity contribution is 7.92. The molecule has 0 aliphatic carbocycles. The van der Waals surface area contributed by atoms with Crippen molar-refractivity contribution in [3.05, 3.63) is 59.7 Å². The summed E-state index contributed by atoms with van der Waals surface area (Å²) in [5.74, 6) is -0.428. The van der Waals surface area contributed by atoms with E-state index in [1.165, 1.54) is 0 Å². The summed E-state index contributed by atoms with van der Waals surface area (Å²) < 4.78 is 26.9. The average molecular weight is 304 g/mol. The first-order valence-electron chi connectivity index (χ1n) is 6.33. The van der Waals surface area contributed by atoms with Crippen LogP contribution in [0.15, 0.2) is 53.4 Å². The molecule has 110 valence electrons. The van der Waals surface area contributed by atoms with E-state index in [2.05, 4.69) is 4.72 Å². The summed E-state index contributed by atoms with van der Waals surface area (Å²) in [6.45, 7) is 1.89. The maximum Gasteiger partial charge on any atom is 0.261 e. The zero-order chi connectivity index (χ0) is 15.5. The van der Waals surface area contributed by atoms with Crippen LogP contribution in [-0.4, -0.2) is 14.3 Å². The lowest BCUT2D eigenvalue weighted by molar-refractivity contribution is -0.117. The van der Waals surface area contributed by atoms with Gasteiger partial charge >= 0.3 is 0 Å². The molecule has 21 heavy (non-hydrogen) atoms. The molecule has 0 aliphatic rings. The normalized spacial score (nSPS) is 11.1. The van der Waals surface area contributed by atoms with Crippen molar-refractivity contribution < 1.29 is 13.2 Å². The Balaban J connectivity index is 2.16. The van der Waals surface area contributed by atoms with Crippen LogP contribution in [0.3, 0.4) is 0 Å². The number of benzene rings is 2. The molecule has 3 N–H and O–H groups in total. The predicted octanol–water partition coefficient (Wildman–Crippen LogP) is 1.82. The number of nitrogens with one attached hydrogen (secondary N) is 1. The van der Waals surface area contributed by atoms with Crippen LogP contribution in [0.4, 0.5) is 5.69 Å². The maximum absolute atomic E-state index is 12.2. The maximum atomic E-state index is 12.2. The van der Waals surface area contributed by atoms with Crippen LogP contribution in [0.2, 0.25) is 0 Å². The van der Waals surface area contributed by atoms with Crippen molar-refractivity contribution in [1.29, 1.82) is 0 Å². The molecule has 2 aromatic rings. The minimum Gasteiger partial charge on any atom is -0.369 e. The second kappa shape index (κ2) is 5.97. The lowest BCUT2D eigenvalue weighted by Gasteiger charge is -2.09. The highest BCUT2D eigenvalue weighted by Crippen LogP contribution is 2.17. The SMILES string of the molecule is Cc1ccc(S(=O)(=O)Nc2ccc(CC(N)=O)cc2)cc1. The van der Waals surface area contributed by atoms with E-state index in [1.54, 1.807) is 48.5 Å². The van der Waals surface area contributed by atoms with Gasteiger partial charge in [-0.2, -0.15) is 0 Å². The van der Waals surface area contributed by atoms with Crippen LogP contribution >= 0.6 is 0 Å². The van der Waals surface area contributed by atoms with Gasteiger partial charge in [-0.3, -0.25) is 9.52 Å². The lowest BCUT2D eigenvalue weighted by atomic mass is 10.1. The Morgan fingerprint density at radius 2 is 1.62 bits per heavy atom. The van der Waals surface area contributed by atoms with Gasteiger partial charge in [0.1, 0.15) is 0 Å². The summed E-state index contributed by atoms with van der Waals surface area (Å²) in [6.07, 6.45) is 0.130. The molecular weight excluding hydrogens is 288 g/mol. The average Bonchev–Trinajstić information content (AvgIpc) is 2.40. The van der Waals surface area contributed by atoms with Crippen molar-refractivity contribution in [2.24, 2.45) is 5.73 Å². The van der Waals surface area contributed by atoms with Gasteiger partial charge in [-0.25, -0.2) is 8.42 Å². The molecule has 2 rings (SSSR count). The van der Waals surface area contributed by atoms with Crippen LogP contribution in [0.5, 0.6) is 0 Å². The van der Waals surface area contributed by atoms with E-state index in [-0.39, 0.29) is 11.3 Å². The minimum absolute atomic E-state index is 0.130. The highest BCUT2D eigenvalue weighted by atomic mass is 32.2. The van der Waals surface area contributed by atoms with Gasteiger partial charge in [-0.15, -0.1) is 0 Å². The first-order valence-corrected chi connectivity index (χ1v) is 7.82. The van der Waals surface area contributed by atoms with Crippen molar-refractivity contribution in [2.75, 3.05) is 4.72 Å². The Bertz CT molecular complexity index is 735. The van der Waals surface area contributed by atoms with Crippen LogP contribution in [0.1, 0.15) is 11.1 Å². The second-order valence-electron chi connectivity index (χ2n) is 4.76. The van der Waals surface area contributed by atoms with Crippen LogP contribution in [-0.2, 0) is 21.2 Å². The third-order valence-electron chi connectivity index (χ3n) is 2.92. The summed E-state index contributed by atoms with van der Waals surface area (Å²) in [4.78, 5) is 11.0. The molecule has 0 aromatic heterocycles. The van der Waals surface area contributed by atoms with E-state index in [4.69, 9.17) is 5.73 Å². The number of nitrogens with two attached hydrogens (primary N) is 1. The van der Waals surface area contributed by atoms with Gasteiger partial charge in [-0.1, -0.05) is 29.8 Å². The van der Waals surface area contributed by atoms with Crippen LogP contribution in [0, 0.1) is 6.92 Å². The smallest absolute Gasteiger partial charge is 0.261 e. The minimum atomic E-state index is -3.61. The molecule has 0 atom stereocenters. The van der Waals surface area contributed by atoms with Gasteiger partial charge in [0, 0.05) is 5.69 Å². The van der Waals surface area contributed by atoms with E-state index in [9.17, 15) is 13.2 Å². The van der Waals surface area contributed by atoms with E-state index in [1.807, 2.05) is 6.92 Å². The molecule has 0 unspecified atom stereocenters. The van der Waals surface area contributed by atoms with Gasteiger partial charge in [0.2, 0.25) is 5.91 Å². The fraction of sp³-hybridized carbons (Fsp3) is 0.133. The van der Waals surface area contributed by atoms with Gasteiger partial charge in [-0.05, 0) is 36.8 Å². The third kappa shape index (κ3) is 4.06. The van der Waals surface area contributed by atoms with Crippen molar-refractivity contribution >= 4 is 21.6 Å². The predicted molar refractivity (Wildman–Crippen MR) is 81.3 cm³/mol. The molecule has 0 heterocycles. The van der Waals surface area contributed by atoms with Crippen molar-refractivity contribution in [2.45, 2.75) is 18.2 Å². The molecule has 0 aliphatic heterocycles. The monoisotopic (exact) mass is 304 g/mol. The highest BCUT2D eigenvalue weighted by Gasteiger charge is 2.13. The number of carbonyl (C=O) groups is 1. The summed E-state index contributed by atoms with van der Waals surface area (Å²) in [5.41, 5.74) is 7.26. The first-order chi connectivity index (χ1) is 9.87. The van der Waals surface area contributed by atoms with Gasteiger partial charge in [0.05, 0.1) is 11.3 Å². The van der Waals surface area contributed by atoms with Crippen LogP contribution < -0.4 is 10.5 Å². The molecule has 0 spiro atoms. The zero-order valence-corrected chi connectivity index (χ0v) is 12.4. The Kier molecular flexibility index (Phi) is 4.28. The number of amides is 1. The van der Waals surface area contributed by atoms with Crippen molar-refractivity contribution in [1.82, 2.24) is 0 Å². The molecule has 0 bridgehead atoms. The van der Waals surface area contributed by atoms with Gasteiger partial charge < -0.3 is 5.73 Å². The molecule has 0 saturated carbocycles. The molecule has 5 nitrogen and oxygen atoms in total. The fourth-order valence-electron chi connectivity index (χ4n) is 1.82. The number of carbonyl (C=O) groups excluding carboxylic acids is 1. The number of hydrogen-bond acceptors (Lipinski definition) is 3. The van der Waals surface area contributed by atoms with Gasteiger partial charge in [0.25, 0.3) is 10.0 Å². The van der Waals surface area contributed by atoms with Gasteiger partial charge in [0.15, 0.2) is 0 Å². The lowest BCUT2D eigenvalue weighted by Crippen LogP contribution is -2.14. The third-order valence-corrected chi connectivity index (χ3v) is 4.31. The summed E-state index contributed by atoms with van der Waals surface area (Å²) in [7, 11) is -3.61. The standard InChI is InChI=1S/C15H16N2O3S/c1-11-2-8-14(9-3-11)21(19,20)17-13-6-4-12(5-7-13)10-15(16)18/h2-9,17H,10H2,1H3,(H2,16,18). The quantitative estimate of drug-likeness (QED) is 0.883. The first kappa shape index (κ1) is 15.1. The van der Waals surface area contributed by atoms with Crippen molar-refractivity contribution in [3.8, 4) is 0 Å². The molecular formula is C15H16N2O3S. The summed E-state index contributed by atoms with van der Waals surface area (Å²) in [5, 5.41) is 0. The number of primary amides is 1. The Morgan fingerprint density at radius 3 is 2.14 bits per heavy atom. The zero-order valence-electron chi connectivity index (χ0n) is 11.5. The number of sulfonamides is 1. The fourth-order valence-corrected chi connectivity index (χ4v) is 2.88. The van der Waals surface area contributed by atoms with Crippen LogP contribution in [0.25, 0.3) is 0 Å². The summed E-state index contributed by atoms with van der Waals surface area (Å²) >= 11 is 0. The number of anilines is 1. The van der Waals surface area contributed by atoms with E-state index in [0.29, 0.717) is 5.69 Å². The van der Waals surface area contributed by atoms with Crippen molar-refractivity contribution in [3.63, 3.8) is 0 Å². The molecule has 0 fully saturated rings.